The molecule has 1 amide bonds. The van der Waals surface area contributed by atoms with Crippen molar-refractivity contribution >= 4 is 26.5 Å². The van der Waals surface area contributed by atoms with Crippen molar-refractivity contribution in [3.63, 3.8) is 0 Å². The number of amides is 1. The normalized spacial score (nSPS) is 12.4. The maximum absolute atomic E-state index is 12.9. The second-order valence-corrected chi connectivity index (χ2v) is 9.33. The fourth-order valence-corrected chi connectivity index (χ4v) is 4.11. The summed E-state index contributed by atoms with van der Waals surface area (Å²) < 4.78 is 63.2. The summed E-state index contributed by atoms with van der Waals surface area (Å²) >= 11 is 0. The fraction of sp³-hybridized carbons (Fsp3) is 0.227. The number of rotatable bonds is 4. The number of carbonyl (C=O) groups excluding carboxylic acids is 1. The van der Waals surface area contributed by atoms with Crippen LogP contribution >= 0.6 is 0 Å². The Morgan fingerprint density at radius 2 is 1.57 bits per heavy atom. The summed E-state index contributed by atoms with van der Waals surface area (Å²) in [6, 6.07) is 12.2. The summed E-state index contributed by atoms with van der Waals surface area (Å²) in [7, 11) is -3.60. The molecule has 0 fully saturated rings. The van der Waals surface area contributed by atoms with Crippen LogP contribution in [0, 0.1) is 0 Å². The largest absolute Gasteiger partial charge is 0.416 e. The summed E-state index contributed by atoms with van der Waals surface area (Å²) in [5, 5.41) is 3.62. The van der Waals surface area contributed by atoms with E-state index in [1.165, 1.54) is 24.3 Å². The van der Waals surface area contributed by atoms with E-state index in [4.69, 9.17) is 0 Å². The molecule has 0 radical (unpaired) electrons. The molecule has 3 rings (SSSR count). The molecule has 0 saturated heterocycles. The Bertz CT molecular complexity index is 1210. The number of alkyl halides is 3. The van der Waals surface area contributed by atoms with Crippen molar-refractivity contribution in [2.75, 3.05) is 6.26 Å². The van der Waals surface area contributed by atoms with Crippen molar-refractivity contribution in [3.05, 3.63) is 65.7 Å². The van der Waals surface area contributed by atoms with Gasteiger partial charge in [0.15, 0.2) is 9.84 Å². The van der Waals surface area contributed by atoms with Crippen LogP contribution in [0.2, 0.25) is 0 Å². The highest BCUT2D eigenvalue weighted by Crippen LogP contribution is 2.35. The first-order valence-corrected chi connectivity index (χ1v) is 11.0. The number of nitrogens with one attached hydrogen (secondary N) is 1. The molecule has 8 heteroatoms. The Kier molecular flexibility index (Phi) is 5.64. The predicted molar refractivity (Wildman–Crippen MR) is 110 cm³/mol. The van der Waals surface area contributed by atoms with Gasteiger partial charge in [0.1, 0.15) is 0 Å². The molecule has 0 saturated carbocycles. The molecule has 30 heavy (non-hydrogen) atoms. The van der Waals surface area contributed by atoms with Gasteiger partial charge in [0.05, 0.1) is 10.5 Å². The smallest absolute Gasteiger partial charge is 0.350 e. The van der Waals surface area contributed by atoms with Crippen LogP contribution in [0.3, 0.4) is 0 Å². The zero-order chi connectivity index (χ0) is 22.3. The van der Waals surface area contributed by atoms with Crippen LogP contribution in [-0.2, 0) is 16.0 Å². The molecule has 158 valence electrons. The van der Waals surface area contributed by atoms with Crippen LogP contribution in [0.5, 0.6) is 0 Å². The zero-order valence-corrected chi connectivity index (χ0v) is 17.4. The molecule has 0 heterocycles. The topological polar surface area (TPSA) is 63.2 Å². The maximum atomic E-state index is 12.9. The van der Waals surface area contributed by atoms with Gasteiger partial charge in [-0.15, -0.1) is 0 Å². The highest BCUT2D eigenvalue weighted by Gasteiger charge is 2.30. The van der Waals surface area contributed by atoms with Gasteiger partial charge < -0.3 is 5.32 Å². The number of carbonyl (C=O) groups is 1. The van der Waals surface area contributed by atoms with E-state index in [9.17, 15) is 26.4 Å². The number of hydrogen-bond donors (Lipinski definition) is 1. The van der Waals surface area contributed by atoms with E-state index in [-0.39, 0.29) is 16.8 Å². The minimum Gasteiger partial charge on any atom is -0.350 e. The lowest BCUT2D eigenvalue weighted by molar-refractivity contribution is -0.137. The molecule has 0 aromatic heterocycles. The molecule has 0 aliphatic rings. The van der Waals surface area contributed by atoms with Crippen LogP contribution < -0.4 is 5.32 Å². The number of halogens is 3. The second-order valence-electron chi connectivity index (χ2n) is 7.35. The average Bonchev–Trinajstić information content (AvgIpc) is 2.64. The molecule has 0 aliphatic carbocycles. The SMILES string of the molecule is CC(C)NC(=O)c1ccc2c(-c3ccc(C(F)(F)F)cc3)ccc(S(C)(=O)=O)c2c1. The van der Waals surface area contributed by atoms with Crippen LogP contribution in [-0.4, -0.2) is 26.6 Å². The van der Waals surface area contributed by atoms with Crippen LogP contribution in [0.1, 0.15) is 29.8 Å². The first-order chi connectivity index (χ1) is 13.9. The predicted octanol–water partition coefficient (Wildman–Crippen LogP) is 5.07. The number of hydrogen-bond acceptors (Lipinski definition) is 3. The monoisotopic (exact) mass is 435 g/mol. The Labute approximate surface area is 172 Å². The van der Waals surface area contributed by atoms with E-state index in [0.29, 0.717) is 27.5 Å². The Balaban J connectivity index is 2.21. The Morgan fingerprint density at radius 3 is 2.10 bits per heavy atom. The first kappa shape index (κ1) is 21.8. The summed E-state index contributed by atoms with van der Waals surface area (Å²) in [6.45, 7) is 3.62. The van der Waals surface area contributed by atoms with E-state index < -0.39 is 21.6 Å². The highest BCUT2D eigenvalue weighted by atomic mass is 32.2. The quantitative estimate of drug-likeness (QED) is 0.623. The second kappa shape index (κ2) is 7.75. The Hall–Kier alpha value is -2.87. The van der Waals surface area contributed by atoms with Crippen molar-refractivity contribution < 1.29 is 26.4 Å². The molecule has 0 atom stereocenters. The number of benzene rings is 3. The van der Waals surface area contributed by atoms with Crippen molar-refractivity contribution in [3.8, 4) is 11.1 Å². The van der Waals surface area contributed by atoms with Gasteiger partial charge in [-0.25, -0.2) is 8.42 Å². The number of fused-ring (bicyclic) bond motifs is 1. The Morgan fingerprint density at radius 1 is 0.933 bits per heavy atom. The highest BCUT2D eigenvalue weighted by molar-refractivity contribution is 7.91. The third-order valence-corrected chi connectivity index (χ3v) is 5.74. The lowest BCUT2D eigenvalue weighted by Gasteiger charge is -2.14. The van der Waals surface area contributed by atoms with Gasteiger partial charge in [-0.2, -0.15) is 13.2 Å². The van der Waals surface area contributed by atoms with Crippen LogP contribution in [0.4, 0.5) is 13.2 Å². The minimum absolute atomic E-state index is 0.0485. The average molecular weight is 435 g/mol. The van der Waals surface area contributed by atoms with E-state index in [1.807, 2.05) is 13.8 Å². The van der Waals surface area contributed by atoms with Crippen molar-refractivity contribution in [1.29, 1.82) is 0 Å². The summed E-state index contributed by atoms with van der Waals surface area (Å²) in [5.74, 6) is -0.341. The van der Waals surface area contributed by atoms with Gasteiger partial charge in [-0.3, -0.25) is 4.79 Å². The van der Waals surface area contributed by atoms with Gasteiger partial charge in [-0.1, -0.05) is 24.3 Å². The molecular weight excluding hydrogens is 415 g/mol. The maximum Gasteiger partial charge on any atom is 0.416 e. The minimum atomic E-state index is -4.45. The molecule has 0 bridgehead atoms. The van der Waals surface area contributed by atoms with Gasteiger partial charge in [0.2, 0.25) is 0 Å². The van der Waals surface area contributed by atoms with Crippen molar-refractivity contribution in [2.24, 2.45) is 0 Å². The molecule has 4 nitrogen and oxygen atoms in total. The standard InChI is InChI=1S/C22H20F3NO3S/c1-13(2)26-21(27)15-6-9-18-17(10-11-20(19(18)12-15)30(3,28)29)14-4-7-16(8-5-14)22(23,24)25/h4-13H,1-3H3,(H,26,27). The molecule has 0 spiro atoms. The first-order valence-electron chi connectivity index (χ1n) is 9.13. The number of sulfone groups is 1. The molecule has 0 aliphatic heterocycles. The molecular formula is C22H20F3NO3S. The lowest BCUT2D eigenvalue weighted by atomic mass is 9.96. The van der Waals surface area contributed by atoms with Gasteiger partial charge in [0.25, 0.3) is 5.91 Å². The van der Waals surface area contributed by atoms with E-state index in [0.717, 1.165) is 18.4 Å². The molecule has 1 N–H and O–H groups in total. The molecule has 0 unspecified atom stereocenters. The van der Waals surface area contributed by atoms with Gasteiger partial charge in [-0.05, 0) is 60.7 Å². The van der Waals surface area contributed by atoms with E-state index >= 15 is 0 Å². The van der Waals surface area contributed by atoms with E-state index in [1.54, 1.807) is 18.2 Å². The zero-order valence-electron chi connectivity index (χ0n) is 16.5. The summed E-state index contributed by atoms with van der Waals surface area (Å²) in [6.07, 6.45) is -3.38. The third kappa shape index (κ3) is 4.48. The molecule has 3 aromatic carbocycles. The summed E-state index contributed by atoms with van der Waals surface area (Å²) in [5.41, 5.74) is 0.607. The van der Waals surface area contributed by atoms with Gasteiger partial charge >= 0.3 is 6.18 Å². The van der Waals surface area contributed by atoms with E-state index in [2.05, 4.69) is 5.32 Å². The van der Waals surface area contributed by atoms with Crippen molar-refractivity contribution in [1.82, 2.24) is 5.32 Å². The fourth-order valence-electron chi connectivity index (χ4n) is 3.22. The van der Waals surface area contributed by atoms with Crippen molar-refractivity contribution in [2.45, 2.75) is 31.0 Å². The molecule has 3 aromatic rings. The summed E-state index contributed by atoms with van der Waals surface area (Å²) in [4.78, 5) is 12.4. The van der Waals surface area contributed by atoms with Crippen LogP contribution in [0.15, 0.2) is 59.5 Å². The van der Waals surface area contributed by atoms with Gasteiger partial charge in [0, 0.05) is 23.2 Å². The van der Waals surface area contributed by atoms with Crippen LogP contribution in [0.25, 0.3) is 21.9 Å². The lowest BCUT2D eigenvalue weighted by Crippen LogP contribution is -2.30. The third-order valence-electron chi connectivity index (χ3n) is 4.58.